The maximum atomic E-state index is 5.17. The van der Waals surface area contributed by atoms with Crippen LogP contribution >= 0.6 is 0 Å². The van der Waals surface area contributed by atoms with Crippen molar-refractivity contribution in [2.45, 2.75) is 13.3 Å². The highest BCUT2D eigenvalue weighted by Gasteiger charge is 2.07. The summed E-state index contributed by atoms with van der Waals surface area (Å²) >= 11 is 0. The Hall–Kier alpha value is -1.33. The van der Waals surface area contributed by atoms with E-state index in [1.165, 1.54) is 5.69 Å². The first kappa shape index (κ1) is 15.7. The molecule has 0 aromatic carbocycles. The van der Waals surface area contributed by atoms with Crippen LogP contribution in [-0.4, -0.2) is 52.1 Å². The van der Waals surface area contributed by atoms with Crippen LogP contribution in [0.1, 0.15) is 13.3 Å². The average molecular weight is 267 g/mol. The molecule has 5 nitrogen and oxygen atoms in total. The minimum atomic E-state index is 0.714. The Morgan fingerprint density at radius 2 is 2.00 bits per heavy atom. The average Bonchev–Trinajstić information content (AvgIpc) is 2.43. The molecule has 0 aliphatic heterocycles. The number of aromatic nitrogens is 1. The number of anilines is 2. The van der Waals surface area contributed by atoms with Gasteiger partial charge in [0.05, 0.1) is 6.61 Å². The van der Waals surface area contributed by atoms with Crippen LogP contribution in [0.15, 0.2) is 18.3 Å². The summed E-state index contributed by atoms with van der Waals surface area (Å²) in [5, 5.41) is 3.23. The molecule has 0 unspecified atom stereocenters. The number of pyridine rings is 1. The molecule has 108 valence electrons. The second-order valence-corrected chi connectivity index (χ2v) is 4.26. The lowest BCUT2D eigenvalue weighted by Crippen LogP contribution is -2.29. The van der Waals surface area contributed by atoms with Gasteiger partial charge in [-0.3, -0.25) is 0 Å². The highest BCUT2D eigenvalue weighted by Crippen LogP contribution is 2.17. The number of nitrogens with one attached hydrogen (secondary N) is 1. The molecule has 0 fully saturated rings. The van der Waals surface area contributed by atoms with Crippen molar-refractivity contribution in [1.29, 1.82) is 0 Å². The van der Waals surface area contributed by atoms with E-state index >= 15 is 0 Å². The van der Waals surface area contributed by atoms with Gasteiger partial charge in [0.15, 0.2) is 0 Å². The van der Waals surface area contributed by atoms with Crippen LogP contribution in [-0.2, 0) is 9.47 Å². The third-order valence-electron chi connectivity index (χ3n) is 2.81. The summed E-state index contributed by atoms with van der Waals surface area (Å²) in [7, 11) is 3.46. The predicted molar refractivity (Wildman–Crippen MR) is 79.0 cm³/mol. The van der Waals surface area contributed by atoms with Crippen molar-refractivity contribution >= 4 is 11.5 Å². The van der Waals surface area contributed by atoms with Crippen LogP contribution in [0, 0.1) is 0 Å². The summed E-state index contributed by atoms with van der Waals surface area (Å²) in [6.07, 6.45) is 2.84. The Morgan fingerprint density at radius 3 is 2.68 bits per heavy atom. The lowest BCUT2D eigenvalue weighted by molar-refractivity contribution is 0.191. The summed E-state index contributed by atoms with van der Waals surface area (Å²) in [5.74, 6) is 0.911. The van der Waals surface area contributed by atoms with Crippen molar-refractivity contribution in [1.82, 2.24) is 4.98 Å². The van der Waals surface area contributed by atoms with Gasteiger partial charge in [-0.25, -0.2) is 4.98 Å². The van der Waals surface area contributed by atoms with Crippen molar-refractivity contribution in [3.63, 3.8) is 0 Å². The Balaban J connectivity index is 2.68. The third-order valence-corrected chi connectivity index (χ3v) is 2.81. The normalized spacial score (nSPS) is 10.5. The van der Waals surface area contributed by atoms with Crippen LogP contribution in [0.2, 0.25) is 0 Å². The molecule has 0 spiro atoms. The minimum Gasteiger partial charge on any atom is -0.385 e. The number of nitrogens with zero attached hydrogens (tertiary/aromatic N) is 2. The Labute approximate surface area is 115 Å². The molecule has 1 aromatic heterocycles. The van der Waals surface area contributed by atoms with E-state index in [2.05, 4.69) is 28.2 Å². The van der Waals surface area contributed by atoms with Gasteiger partial charge in [-0.15, -0.1) is 0 Å². The smallest absolute Gasteiger partial charge is 0.127 e. The summed E-state index contributed by atoms with van der Waals surface area (Å²) in [6, 6.07) is 4.11. The highest BCUT2D eigenvalue weighted by molar-refractivity contribution is 5.53. The van der Waals surface area contributed by atoms with Gasteiger partial charge in [0.2, 0.25) is 0 Å². The quantitative estimate of drug-likeness (QED) is 0.657. The summed E-state index contributed by atoms with van der Waals surface area (Å²) in [6.45, 7) is 6.25. The lowest BCUT2D eigenvalue weighted by atomic mass is 10.3. The second-order valence-electron chi connectivity index (χ2n) is 4.26. The number of hydrogen-bond acceptors (Lipinski definition) is 5. The van der Waals surface area contributed by atoms with Crippen LogP contribution in [0.25, 0.3) is 0 Å². The van der Waals surface area contributed by atoms with E-state index in [1.54, 1.807) is 14.2 Å². The van der Waals surface area contributed by atoms with Crippen molar-refractivity contribution in [2.75, 3.05) is 57.3 Å². The zero-order valence-corrected chi connectivity index (χ0v) is 12.2. The fourth-order valence-electron chi connectivity index (χ4n) is 1.87. The van der Waals surface area contributed by atoms with Gasteiger partial charge in [-0.05, 0) is 19.4 Å². The molecule has 0 atom stereocenters. The molecule has 0 saturated carbocycles. The molecule has 0 aliphatic rings. The Kier molecular flexibility index (Phi) is 7.93. The van der Waals surface area contributed by atoms with Gasteiger partial charge in [-0.2, -0.15) is 0 Å². The van der Waals surface area contributed by atoms with Gasteiger partial charge in [0.25, 0.3) is 0 Å². The van der Waals surface area contributed by atoms with E-state index in [9.17, 15) is 0 Å². The molecule has 0 amide bonds. The van der Waals surface area contributed by atoms with E-state index in [-0.39, 0.29) is 0 Å². The van der Waals surface area contributed by atoms with Crippen LogP contribution in [0.3, 0.4) is 0 Å². The van der Waals surface area contributed by atoms with Gasteiger partial charge >= 0.3 is 0 Å². The maximum Gasteiger partial charge on any atom is 0.127 e. The predicted octanol–water partition coefficient (Wildman–Crippen LogP) is 2.00. The topological polar surface area (TPSA) is 46.6 Å². The van der Waals surface area contributed by atoms with Crippen molar-refractivity contribution < 1.29 is 9.47 Å². The number of rotatable bonds is 10. The molecule has 0 saturated heterocycles. The van der Waals surface area contributed by atoms with Crippen LogP contribution in [0.4, 0.5) is 11.5 Å². The Morgan fingerprint density at radius 1 is 1.21 bits per heavy atom. The molecular formula is C14H25N3O2. The second kappa shape index (κ2) is 9.58. The van der Waals surface area contributed by atoms with Gasteiger partial charge in [-0.1, -0.05) is 0 Å². The first-order valence-electron chi connectivity index (χ1n) is 6.74. The standard InChI is InChI=1S/C14H25N3O2/c1-4-15-14-12-13(6-7-16-14)17(9-11-19-3)8-5-10-18-2/h6-7,12H,4-5,8-11H2,1-3H3,(H,15,16). The summed E-state index contributed by atoms with van der Waals surface area (Å²) < 4.78 is 10.3. The third kappa shape index (κ3) is 5.89. The highest BCUT2D eigenvalue weighted by atomic mass is 16.5. The first-order chi connectivity index (χ1) is 9.31. The molecule has 1 aromatic rings. The van der Waals surface area contributed by atoms with E-state index in [4.69, 9.17) is 9.47 Å². The maximum absolute atomic E-state index is 5.17. The fraction of sp³-hybridized carbons (Fsp3) is 0.643. The zero-order chi connectivity index (χ0) is 13.9. The monoisotopic (exact) mass is 267 g/mol. The molecule has 1 rings (SSSR count). The van der Waals surface area contributed by atoms with Crippen LogP contribution in [0.5, 0.6) is 0 Å². The van der Waals surface area contributed by atoms with E-state index < -0.39 is 0 Å². The SMILES string of the molecule is CCNc1cc(N(CCCOC)CCOC)ccn1. The van der Waals surface area contributed by atoms with Crippen molar-refractivity contribution in [3.05, 3.63) is 18.3 Å². The number of hydrogen-bond donors (Lipinski definition) is 1. The first-order valence-corrected chi connectivity index (χ1v) is 6.74. The lowest BCUT2D eigenvalue weighted by Gasteiger charge is -2.24. The zero-order valence-electron chi connectivity index (χ0n) is 12.2. The Bertz CT molecular complexity index is 347. The molecule has 1 heterocycles. The van der Waals surface area contributed by atoms with Gasteiger partial charge < -0.3 is 19.7 Å². The summed E-state index contributed by atoms with van der Waals surface area (Å²) in [5.41, 5.74) is 1.17. The van der Waals surface area contributed by atoms with E-state index in [0.717, 1.165) is 38.5 Å². The van der Waals surface area contributed by atoms with E-state index in [1.807, 2.05) is 12.3 Å². The molecule has 19 heavy (non-hydrogen) atoms. The minimum absolute atomic E-state index is 0.714. The molecule has 0 aliphatic carbocycles. The summed E-state index contributed by atoms with van der Waals surface area (Å²) in [4.78, 5) is 6.59. The number of ether oxygens (including phenoxy) is 2. The fourth-order valence-corrected chi connectivity index (χ4v) is 1.87. The van der Waals surface area contributed by atoms with Crippen molar-refractivity contribution in [2.24, 2.45) is 0 Å². The molecule has 0 bridgehead atoms. The largest absolute Gasteiger partial charge is 0.385 e. The molecule has 1 N–H and O–H groups in total. The molecule has 0 radical (unpaired) electrons. The van der Waals surface area contributed by atoms with Crippen LogP contribution < -0.4 is 10.2 Å². The molecule has 5 heteroatoms. The van der Waals surface area contributed by atoms with Crippen molar-refractivity contribution in [3.8, 4) is 0 Å². The number of methoxy groups -OCH3 is 2. The van der Waals surface area contributed by atoms with Gasteiger partial charge in [0, 0.05) is 58.4 Å². The van der Waals surface area contributed by atoms with E-state index in [0.29, 0.717) is 6.61 Å². The molecular weight excluding hydrogens is 242 g/mol. The van der Waals surface area contributed by atoms with Gasteiger partial charge in [0.1, 0.15) is 5.82 Å².